The van der Waals surface area contributed by atoms with Crippen LogP contribution in [0.4, 0.5) is 0 Å². The minimum absolute atomic E-state index is 0.724. The molecule has 3 N–H and O–H groups in total. The lowest BCUT2D eigenvalue weighted by Crippen LogP contribution is -2.35. The van der Waals surface area contributed by atoms with Crippen molar-refractivity contribution in [2.75, 3.05) is 0 Å². The number of hydrogen-bond donors (Lipinski definition) is 3. The van der Waals surface area contributed by atoms with Gasteiger partial charge in [-0.05, 0) is 146 Å². The molecular formula is C53H46N8+2. The van der Waals surface area contributed by atoms with Crippen molar-refractivity contribution in [3.8, 4) is 45.0 Å². The topological polar surface area (TPSA) is 85.8 Å². The molecule has 11 aromatic rings. The molecule has 0 bridgehead atoms. The number of rotatable bonds is 8. The van der Waals surface area contributed by atoms with Gasteiger partial charge in [0.1, 0.15) is 24.7 Å². The fraction of sp³-hybridized carbons (Fsp3) is 0.132. The van der Waals surface area contributed by atoms with Crippen molar-refractivity contribution in [3.05, 3.63) is 179 Å². The Bertz CT molecular complexity index is 3480. The van der Waals surface area contributed by atoms with Crippen molar-refractivity contribution in [1.82, 2.24) is 29.5 Å². The monoisotopic (exact) mass is 794 g/mol. The van der Waals surface area contributed by atoms with E-state index in [1.54, 1.807) is 0 Å². The van der Waals surface area contributed by atoms with Gasteiger partial charge in [0.05, 0.1) is 40.2 Å². The molecule has 4 heterocycles. The van der Waals surface area contributed by atoms with Crippen LogP contribution in [0.3, 0.4) is 0 Å². The highest BCUT2D eigenvalue weighted by atomic mass is 15.2. The van der Waals surface area contributed by atoms with E-state index in [0.717, 1.165) is 80.4 Å². The summed E-state index contributed by atoms with van der Waals surface area (Å²) in [6, 6.07) is 53.3. The fourth-order valence-corrected chi connectivity index (χ4v) is 9.21. The van der Waals surface area contributed by atoms with E-state index < -0.39 is 0 Å². The first-order chi connectivity index (χ1) is 29.7. The summed E-state index contributed by atoms with van der Waals surface area (Å²) in [5.74, 6) is 4.11. The molecule has 4 aromatic heterocycles. The Morgan fingerprint density at radius 2 is 1.03 bits per heavy atom. The number of aromatic nitrogens is 8. The molecule has 0 aliphatic rings. The van der Waals surface area contributed by atoms with Gasteiger partial charge >= 0.3 is 0 Å². The lowest BCUT2D eigenvalue weighted by Gasteiger charge is -2.08. The molecule has 296 valence electrons. The zero-order valence-corrected chi connectivity index (χ0v) is 35.0. The molecule has 0 unspecified atom stereocenters. The molecule has 7 aromatic carbocycles. The lowest BCUT2D eigenvalue weighted by atomic mass is 10.0. The second kappa shape index (κ2) is 14.3. The minimum atomic E-state index is 0.724. The molecule has 61 heavy (non-hydrogen) atoms. The molecule has 0 spiro atoms. The van der Waals surface area contributed by atoms with E-state index in [2.05, 4.69) is 205 Å². The van der Waals surface area contributed by atoms with Crippen LogP contribution in [0.15, 0.2) is 146 Å². The Balaban J connectivity index is 0.962. The Labute approximate surface area is 353 Å². The van der Waals surface area contributed by atoms with Crippen LogP contribution >= 0.6 is 0 Å². The van der Waals surface area contributed by atoms with Crippen molar-refractivity contribution >= 4 is 44.1 Å². The fourth-order valence-electron chi connectivity index (χ4n) is 9.21. The van der Waals surface area contributed by atoms with E-state index >= 15 is 0 Å². The van der Waals surface area contributed by atoms with Crippen LogP contribution in [0.2, 0.25) is 0 Å². The molecule has 0 amide bonds. The second-order valence-electron chi connectivity index (χ2n) is 16.6. The van der Waals surface area contributed by atoms with E-state index in [4.69, 9.17) is 0 Å². The largest absolute Gasteiger partial charge is 0.342 e. The van der Waals surface area contributed by atoms with Crippen LogP contribution in [0.1, 0.15) is 33.9 Å². The highest BCUT2D eigenvalue weighted by Crippen LogP contribution is 2.32. The second-order valence-corrected chi connectivity index (χ2v) is 16.6. The first-order valence-electron chi connectivity index (χ1n) is 20.9. The molecule has 0 aliphatic heterocycles. The maximum absolute atomic E-state index is 4.63. The normalized spacial score (nSPS) is 11.8. The summed E-state index contributed by atoms with van der Waals surface area (Å²) < 4.78 is 7.24. The number of fused-ring (bicyclic) bond motifs is 4. The number of H-pyrrole nitrogens is 3. The summed E-state index contributed by atoms with van der Waals surface area (Å²) in [4.78, 5) is 19.9. The van der Waals surface area contributed by atoms with Crippen molar-refractivity contribution in [2.24, 2.45) is 7.05 Å². The third kappa shape index (κ3) is 6.57. The maximum atomic E-state index is 4.63. The average molecular weight is 795 g/mol. The van der Waals surface area contributed by atoms with E-state index in [0.29, 0.717) is 0 Å². The van der Waals surface area contributed by atoms with Gasteiger partial charge in [-0.1, -0.05) is 71.8 Å². The van der Waals surface area contributed by atoms with Crippen molar-refractivity contribution in [2.45, 2.75) is 40.8 Å². The van der Waals surface area contributed by atoms with E-state index in [-0.39, 0.29) is 0 Å². The third-order valence-electron chi connectivity index (χ3n) is 12.2. The highest BCUT2D eigenvalue weighted by molar-refractivity contribution is 5.88. The SMILES string of the molecule is Cc1cccc(-c2n(Cc3ccc(C[n+]4c(-c5cccc(C)c5)[nH]c5cc(-c6ccc7nc(C)[nH]c7c6)ccc54)cc3)c3cc(-c4ccc5nc(C)[nH]c5c4)ccc3[n+]2C)c1. The van der Waals surface area contributed by atoms with Crippen LogP contribution in [0.25, 0.3) is 89.2 Å². The smallest absolute Gasteiger partial charge is 0.289 e. The number of nitrogens with zero attached hydrogens (tertiary/aromatic N) is 5. The van der Waals surface area contributed by atoms with Gasteiger partial charge in [-0.3, -0.25) is 0 Å². The number of benzene rings is 7. The maximum Gasteiger partial charge on any atom is 0.289 e. The van der Waals surface area contributed by atoms with Crippen LogP contribution in [0, 0.1) is 27.7 Å². The number of hydrogen-bond acceptors (Lipinski definition) is 2. The van der Waals surface area contributed by atoms with E-state index in [1.807, 2.05) is 13.8 Å². The molecule has 8 heteroatoms. The van der Waals surface area contributed by atoms with Crippen LogP contribution in [0.5, 0.6) is 0 Å². The van der Waals surface area contributed by atoms with E-state index in [9.17, 15) is 0 Å². The number of imidazole rings is 4. The third-order valence-corrected chi connectivity index (χ3v) is 12.2. The molecule has 0 radical (unpaired) electrons. The van der Waals surface area contributed by atoms with Gasteiger partial charge in [-0.2, -0.15) is 0 Å². The van der Waals surface area contributed by atoms with Gasteiger partial charge in [0.25, 0.3) is 11.6 Å². The van der Waals surface area contributed by atoms with Gasteiger partial charge in [0, 0.05) is 0 Å². The minimum Gasteiger partial charge on any atom is -0.342 e. The van der Waals surface area contributed by atoms with Crippen LogP contribution in [-0.4, -0.2) is 29.5 Å². The summed E-state index contributed by atoms with van der Waals surface area (Å²) in [7, 11) is 2.19. The predicted octanol–water partition coefficient (Wildman–Crippen LogP) is 11.0. The van der Waals surface area contributed by atoms with Crippen LogP contribution < -0.4 is 9.13 Å². The van der Waals surface area contributed by atoms with E-state index in [1.165, 1.54) is 55.8 Å². The Morgan fingerprint density at radius 3 is 1.67 bits per heavy atom. The Morgan fingerprint density at radius 1 is 0.492 bits per heavy atom. The van der Waals surface area contributed by atoms with Gasteiger partial charge < -0.3 is 9.97 Å². The molecule has 0 saturated carbocycles. The summed E-state index contributed by atoms with van der Waals surface area (Å²) >= 11 is 0. The highest BCUT2D eigenvalue weighted by Gasteiger charge is 2.26. The quantitative estimate of drug-likeness (QED) is 0.134. The molecular weight excluding hydrogens is 749 g/mol. The Kier molecular flexibility index (Phi) is 8.56. The van der Waals surface area contributed by atoms with Gasteiger partial charge in [-0.25, -0.2) is 28.7 Å². The number of aromatic amines is 3. The summed E-state index contributed by atoms with van der Waals surface area (Å²) in [5, 5.41) is 0. The van der Waals surface area contributed by atoms with Gasteiger partial charge in [0.2, 0.25) is 0 Å². The van der Waals surface area contributed by atoms with Gasteiger partial charge in [0.15, 0.2) is 22.1 Å². The standard InChI is InChI=1S/C53H45N8/c1-32-8-6-10-42(24-32)52-58-48-28-40(38-16-20-44-46(26-38)56-34(3)54-44)18-22-49(48)60(52)30-36-12-14-37(15-13-36)31-61-51-29-41(39-17-21-45-47(27-39)57-35(4)55-45)19-23-50(51)59(5)53(61)43-11-7-9-33(2)25-43/h6-29H,30-31H2,1-5H3,(H2,54,55,56,57)/q+1/p+1. The average Bonchev–Trinajstić information content (AvgIpc) is 4.01. The van der Waals surface area contributed by atoms with Crippen molar-refractivity contribution in [1.29, 1.82) is 0 Å². The van der Waals surface area contributed by atoms with Crippen molar-refractivity contribution in [3.63, 3.8) is 0 Å². The zero-order valence-electron chi connectivity index (χ0n) is 35.0. The number of nitrogens with one attached hydrogen (secondary N) is 3. The number of aryl methyl sites for hydroxylation is 5. The molecule has 0 fully saturated rings. The predicted molar refractivity (Wildman–Crippen MR) is 246 cm³/mol. The molecule has 0 aliphatic carbocycles. The molecule has 11 rings (SSSR count). The molecule has 8 nitrogen and oxygen atoms in total. The molecule has 0 atom stereocenters. The van der Waals surface area contributed by atoms with Crippen LogP contribution in [-0.2, 0) is 20.1 Å². The van der Waals surface area contributed by atoms with Gasteiger partial charge in [-0.15, -0.1) is 0 Å². The summed E-state index contributed by atoms with van der Waals surface area (Å²) in [6.07, 6.45) is 0. The van der Waals surface area contributed by atoms with Crippen molar-refractivity contribution < 1.29 is 9.13 Å². The first-order valence-corrected chi connectivity index (χ1v) is 20.9. The zero-order chi connectivity index (χ0) is 41.4. The summed E-state index contributed by atoms with van der Waals surface area (Å²) in [5.41, 5.74) is 20.7. The first kappa shape index (κ1) is 36.5. The lowest BCUT2D eigenvalue weighted by molar-refractivity contribution is -0.651. The summed E-state index contributed by atoms with van der Waals surface area (Å²) in [6.45, 7) is 9.77. The molecule has 0 saturated heterocycles. The Hall–Kier alpha value is -7.58.